The van der Waals surface area contributed by atoms with Gasteiger partial charge in [0.1, 0.15) is 0 Å². The summed E-state index contributed by atoms with van der Waals surface area (Å²) in [7, 11) is 0. The normalized spacial score (nSPS) is 17.5. The summed E-state index contributed by atoms with van der Waals surface area (Å²) < 4.78 is 0. The summed E-state index contributed by atoms with van der Waals surface area (Å²) in [5.41, 5.74) is 2.69. The van der Waals surface area contributed by atoms with E-state index < -0.39 is 0 Å². The first-order valence-corrected chi connectivity index (χ1v) is 4.98. The average molecular weight is 186 g/mol. The molecule has 2 aromatic carbocycles. The minimum absolute atomic E-state index is 0. The van der Waals surface area contributed by atoms with Crippen molar-refractivity contribution >= 4 is 10.8 Å². The number of allylic oxidation sites excluding steroid dienone is 1. The van der Waals surface area contributed by atoms with Gasteiger partial charge in [-0.2, -0.15) is 11.6 Å². The topological polar surface area (TPSA) is 0 Å². The maximum atomic E-state index is 3.37. The van der Waals surface area contributed by atoms with Crippen LogP contribution in [0.3, 0.4) is 0 Å². The van der Waals surface area contributed by atoms with E-state index in [9.17, 15) is 0 Å². The molecule has 0 aromatic heterocycles. The Bertz CT molecular complexity index is 526. The predicted molar refractivity (Wildman–Crippen MR) is 59.3 cm³/mol. The van der Waals surface area contributed by atoms with Crippen molar-refractivity contribution in [2.75, 3.05) is 0 Å². The van der Waals surface area contributed by atoms with Crippen molar-refractivity contribution in [3.8, 4) is 0 Å². The Morgan fingerprint density at radius 2 is 1.87 bits per heavy atom. The first-order valence-electron chi connectivity index (χ1n) is 4.98. The summed E-state index contributed by atoms with van der Waals surface area (Å²) in [6, 6.07) is 12.9. The molecular weight excluding hydrogens is 175 g/mol. The van der Waals surface area contributed by atoms with Gasteiger partial charge in [0.2, 0.25) is 0 Å². The largest absolute Gasteiger partial charge is 1.00 e. The zero-order valence-electron chi connectivity index (χ0n) is 9.12. The monoisotopic (exact) mass is 186 g/mol. The van der Waals surface area contributed by atoms with Crippen LogP contribution in [0.1, 0.15) is 24.0 Å². The molecule has 3 rings (SSSR count). The Balaban J connectivity index is 0.000000853. The summed E-state index contributed by atoms with van der Waals surface area (Å²) in [5.74, 6) is 0.523. The van der Waals surface area contributed by atoms with Crippen molar-refractivity contribution in [3.63, 3.8) is 0 Å². The predicted octanol–water partition coefficient (Wildman–Crippen LogP) is 0.668. The van der Waals surface area contributed by atoms with E-state index in [1.165, 1.54) is 21.9 Å². The van der Waals surface area contributed by atoms with Gasteiger partial charge in [-0.05, 0) is 0 Å². The maximum Gasteiger partial charge on any atom is 1.00 e. The van der Waals surface area contributed by atoms with Crippen LogP contribution >= 0.6 is 0 Å². The van der Waals surface area contributed by atoms with E-state index in [0.717, 1.165) is 0 Å². The van der Waals surface area contributed by atoms with Crippen molar-refractivity contribution in [1.29, 1.82) is 0 Å². The zero-order chi connectivity index (χ0) is 9.54. The van der Waals surface area contributed by atoms with Gasteiger partial charge in [-0.25, -0.2) is 0 Å². The van der Waals surface area contributed by atoms with Gasteiger partial charge < -0.3 is 0 Å². The molecule has 2 aromatic rings. The summed E-state index contributed by atoms with van der Waals surface area (Å²) >= 11 is 0. The number of hydrogen-bond acceptors (Lipinski definition) is 0. The number of rotatable bonds is 0. The molecule has 15 heavy (non-hydrogen) atoms. The van der Waals surface area contributed by atoms with Crippen molar-refractivity contribution in [3.05, 3.63) is 59.7 Å². The molecular formula is C14H11Li. The average Bonchev–Trinajstić information content (AvgIpc) is 2.61. The molecule has 0 saturated carbocycles. The summed E-state index contributed by atoms with van der Waals surface area (Å²) in [4.78, 5) is 0. The second-order valence-electron chi connectivity index (χ2n) is 3.85. The van der Waals surface area contributed by atoms with E-state index in [-0.39, 0.29) is 18.9 Å². The smallest absolute Gasteiger partial charge is 0.182 e. The molecule has 0 saturated heterocycles. The second-order valence-corrected chi connectivity index (χ2v) is 3.85. The molecule has 0 radical (unpaired) electrons. The fraction of sp³-hybridized carbons (Fsp3) is 0.143. The van der Waals surface area contributed by atoms with Crippen LogP contribution in [0.25, 0.3) is 10.8 Å². The van der Waals surface area contributed by atoms with Crippen molar-refractivity contribution < 1.29 is 18.9 Å². The Kier molecular flexibility index (Phi) is 2.74. The molecule has 0 nitrogen and oxygen atoms in total. The maximum absolute atomic E-state index is 3.37. The summed E-state index contributed by atoms with van der Waals surface area (Å²) in [6.07, 6.45) is 5.52. The van der Waals surface area contributed by atoms with E-state index in [4.69, 9.17) is 0 Å². The van der Waals surface area contributed by atoms with Crippen LogP contribution in [0.2, 0.25) is 0 Å². The van der Waals surface area contributed by atoms with Crippen LogP contribution in [0.4, 0.5) is 0 Å². The summed E-state index contributed by atoms with van der Waals surface area (Å²) in [6.45, 7) is 2.22. The Morgan fingerprint density at radius 1 is 1.07 bits per heavy atom. The van der Waals surface area contributed by atoms with Crippen molar-refractivity contribution in [1.82, 2.24) is 0 Å². The molecule has 0 amide bonds. The van der Waals surface area contributed by atoms with E-state index >= 15 is 0 Å². The standard InChI is InChI=1S/C14H11.Li/c1-10-6-8-14-12(10)9-7-11-4-2-3-5-13(11)14;/h2-7,9-10H,1H3;/q-1;+1. The molecule has 1 aliphatic rings. The third kappa shape index (κ3) is 1.55. The Morgan fingerprint density at radius 3 is 2.73 bits per heavy atom. The molecule has 0 N–H and O–H groups in total. The van der Waals surface area contributed by atoms with Gasteiger partial charge in [-0.1, -0.05) is 42.5 Å². The first-order chi connectivity index (χ1) is 6.86. The fourth-order valence-corrected chi connectivity index (χ4v) is 2.13. The molecule has 1 aliphatic carbocycles. The van der Waals surface area contributed by atoms with Crippen LogP contribution in [0.15, 0.2) is 42.5 Å². The van der Waals surface area contributed by atoms with Crippen LogP contribution in [0, 0.1) is 6.08 Å². The molecule has 0 fully saturated rings. The number of hydrogen-bond donors (Lipinski definition) is 0. The number of benzene rings is 2. The minimum atomic E-state index is 0. The van der Waals surface area contributed by atoms with Gasteiger partial charge in [0.15, 0.2) is 0 Å². The molecule has 0 spiro atoms. The van der Waals surface area contributed by atoms with Gasteiger partial charge in [0.25, 0.3) is 0 Å². The van der Waals surface area contributed by atoms with Gasteiger partial charge in [-0.3, -0.25) is 0 Å². The third-order valence-electron chi connectivity index (χ3n) is 2.93. The van der Waals surface area contributed by atoms with Crippen LogP contribution < -0.4 is 18.9 Å². The van der Waals surface area contributed by atoms with Crippen LogP contribution in [-0.2, 0) is 0 Å². The number of fused-ring (bicyclic) bond motifs is 3. The Labute approximate surface area is 102 Å². The fourth-order valence-electron chi connectivity index (χ4n) is 2.13. The molecule has 68 valence electrons. The van der Waals surface area contributed by atoms with Crippen molar-refractivity contribution in [2.45, 2.75) is 12.8 Å². The van der Waals surface area contributed by atoms with Gasteiger partial charge in [-0.15, -0.1) is 29.2 Å². The quantitative estimate of drug-likeness (QED) is 0.419. The van der Waals surface area contributed by atoms with E-state index in [1.807, 2.05) is 0 Å². The molecule has 1 unspecified atom stereocenters. The van der Waals surface area contributed by atoms with E-state index in [1.54, 1.807) is 0 Å². The third-order valence-corrected chi connectivity index (χ3v) is 2.93. The van der Waals surface area contributed by atoms with Crippen LogP contribution in [0.5, 0.6) is 0 Å². The molecule has 0 heterocycles. The SMILES string of the molecule is CC1C=[C-]c2c1ccc1ccccc21.[Li+]. The van der Waals surface area contributed by atoms with E-state index in [0.29, 0.717) is 5.92 Å². The molecule has 0 aliphatic heterocycles. The first kappa shape index (κ1) is 10.6. The van der Waals surface area contributed by atoms with Crippen LogP contribution in [-0.4, -0.2) is 0 Å². The Hall–Kier alpha value is -0.963. The molecule has 0 bridgehead atoms. The minimum Gasteiger partial charge on any atom is -0.182 e. The zero-order valence-corrected chi connectivity index (χ0v) is 9.12. The summed E-state index contributed by atoms with van der Waals surface area (Å²) in [5, 5.41) is 2.63. The van der Waals surface area contributed by atoms with Crippen molar-refractivity contribution in [2.24, 2.45) is 0 Å². The van der Waals surface area contributed by atoms with Gasteiger partial charge >= 0.3 is 18.9 Å². The van der Waals surface area contributed by atoms with E-state index in [2.05, 4.69) is 55.5 Å². The molecule has 1 heteroatoms. The van der Waals surface area contributed by atoms with Gasteiger partial charge in [0.05, 0.1) is 0 Å². The molecule has 1 atom stereocenters. The van der Waals surface area contributed by atoms with Gasteiger partial charge in [0, 0.05) is 0 Å². The second kappa shape index (κ2) is 3.89.